The maximum Gasteiger partial charge on any atom is 0.159 e. The fourth-order valence-corrected chi connectivity index (χ4v) is 2.32. The second-order valence-corrected chi connectivity index (χ2v) is 4.76. The van der Waals surface area contributed by atoms with E-state index in [1.807, 2.05) is 12.1 Å². The number of benzene rings is 2. The molecule has 2 aromatic rings. The molecule has 0 aliphatic carbocycles. The standard InChI is InChI=1S/C15H13ClF2O/c16-13-4-2-1-3-12(13)11(9-19)7-10-5-6-14(17)15(18)8-10/h1-6,8,11,19H,7,9H2. The van der Waals surface area contributed by atoms with Gasteiger partial charge in [-0.15, -0.1) is 0 Å². The summed E-state index contributed by atoms with van der Waals surface area (Å²) in [6, 6.07) is 10.9. The Balaban J connectivity index is 2.24. The zero-order valence-electron chi connectivity index (χ0n) is 10.1. The van der Waals surface area contributed by atoms with Gasteiger partial charge in [0.1, 0.15) is 0 Å². The molecule has 0 aromatic heterocycles. The molecule has 0 amide bonds. The predicted octanol–water partition coefficient (Wildman–Crippen LogP) is 3.94. The number of hydrogen-bond acceptors (Lipinski definition) is 1. The second-order valence-electron chi connectivity index (χ2n) is 4.35. The molecular formula is C15H13ClF2O. The van der Waals surface area contributed by atoms with Crippen molar-refractivity contribution in [2.24, 2.45) is 0 Å². The molecule has 100 valence electrons. The normalized spacial score (nSPS) is 12.4. The molecule has 0 aliphatic heterocycles. The first-order valence-electron chi connectivity index (χ1n) is 5.91. The van der Waals surface area contributed by atoms with Gasteiger partial charge in [-0.2, -0.15) is 0 Å². The van der Waals surface area contributed by atoms with Crippen molar-refractivity contribution in [3.8, 4) is 0 Å². The second kappa shape index (κ2) is 6.13. The molecule has 2 rings (SSSR count). The Labute approximate surface area is 115 Å². The fourth-order valence-electron chi connectivity index (χ4n) is 2.03. The summed E-state index contributed by atoms with van der Waals surface area (Å²) in [5.41, 5.74) is 1.43. The lowest BCUT2D eigenvalue weighted by Gasteiger charge is -2.16. The topological polar surface area (TPSA) is 20.2 Å². The smallest absolute Gasteiger partial charge is 0.159 e. The summed E-state index contributed by atoms with van der Waals surface area (Å²) < 4.78 is 26.0. The minimum Gasteiger partial charge on any atom is -0.396 e. The Bertz CT molecular complexity index is 572. The molecule has 19 heavy (non-hydrogen) atoms. The fraction of sp³-hybridized carbons (Fsp3) is 0.200. The van der Waals surface area contributed by atoms with Gasteiger partial charge in [-0.1, -0.05) is 35.9 Å². The maximum absolute atomic E-state index is 13.2. The summed E-state index contributed by atoms with van der Waals surface area (Å²) >= 11 is 6.08. The molecule has 4 heteroatoms. The summed E-state index contributed by atoms with van der Waals surface area (Å²) in [7, 11) is 0. The van der Waals surface area contributed by atoms with E-state index >= 15 is 0 Å². The van der Waals surface area contributed by atoms with Crippen molar-refractivity contribution in [1.29, 1.82) is 0 Å². The molecule has 1 unspecified atom stereocenters. The molecule has 0 bridgehead atoms. The van der Waals surface area contributed by atoms with Crippen LogP contribution in [0, 0.1) is 11.6 Å². The van der Waals surface area contributed by atoms with Crippen LogP contribution in [0.25, 0.3) is 0 Å². The number of hydrogen-bond donors (Lipinski definition) is 1. The SMILES string of the molecule is OCC(Cc1ccc(F)c(F)c1)c1ccccc1Cl. The molecule has 0 saturated carbocycles. The first kappa shape index (κ1) is 14.0. The molecule has 0 saturated heterocycles. The summed E-state index contributed by atoms with van der Waals surface area (Å²) in [6.07, 6.45) is 0.400. The van der Waals surface area contributed by atoms with E-state index in [9.17, 15) is 13.9 Å². The van der Waals surface area contributed by atoms with Crippen molar-refractivity contribution >= 4 is 11.6 Å². The molecule has 0 radical (unpaired) electrons. The van der Waals surface area contributed by atoms with Crippen molar-refractivity contribution in [2.45, 2.75) is 12.3 Å². The molecular weight excluding hydrogens is 270 g/mol. The highest BCUT2D eigenvalue weighted by atomic mass is 35.5. The van der Waals surface area contributed by atoms with Gasteiger partial charge in [0.25, 0.3) is 0 Å². The average molecular weight is 283 g/mol. The van der Waals surface area contributed by atoms with Crippen LogP contribution in [-0.2, 0) is 6.42 Å². The van der Waals surface area contributed by atoms with Gasteiger partial charge in [0.2, 0.25) is 0 Å². The lowest BCUT2D eigenvalue weighted by Crippen LogP contribution is -2.08. The predicted molar refractivity (Wildman–Crippen MR) is 71.3 cm³/mol. The zero-order chi connectivity index (χ0) is 13.8. The third-order valence-corrected chi connectivity index (χ3v) is 3.38. The molecule has 2 aromatic carbocycles. The first-order valence-corrected chi connectivity index (χ1v) is 6.29. The van der Waals surface area contributed by atoms with Crippen molar-refractivity contribution in [3.63, 3.8) is 0 Å². The van der Waals surface area contributed by atoms with Crippen LogP contribution in [0.2, 0.25) is 5.02 Å². The van der Waals surface area contributed by atoms with Crippen molar-refractivity contribution < 1.29 is 13.9 Å². The highest BCUT2D eigenvalue weighted by Crippen LogP contribution is 2.27. The van der Waals surface area contributed by atoms with E-state index in [1.165, 1.54) is 6.07 Å². The van der Waals surface area contributed by atoms with Gasteiger partial charge in [0.15, 0.2) is 11.6 Å². The van der Waals surface area contributed by atoms with Crippen molar-refractivity contribution in [3.05, 3.63) is 70.2 Å². The lowest BCUT2D eigenvalue weighted by atomic mass is 9.92. The Hall–Kier alpha value is -1.45. The largest absolute Gasteiger partial charge is 0.396 e. The van der Waals surface area contributed by atoms with E-state index < -0.39 is 11.6 Å². The Morgan fingerprint density at radius 3 is 2.42 bits per heavy atom. The molecule has 0 spiro atoms. The van der Waals surface area contributed by atoms with Crippen LogP contribution in [0.4, 0.5) is 8.78 Å². The van der Waals surface area contributed by atoms with Gasteiger partial charge in [-0.3, -0.25) is 0 Å². The van der Waals surface area contributed by atoms with E-state index in [4.69, 9.17) is 11.6 Å². The highest BCUT2D eigenvalue weighted by molar-refractivity contribution is 6.31. The van der Waals surface area contributed by atoms with Crippen LogP contribution in [-0.4, -0.2) is 11.7 Å². The molecule has 1 nitrogen and oxygen atoms in total. The zero-order valence-corrected chi connectivity index (χ0v) is 10.9. The summed E-state index contributed by atoms with van der Waals surface area (Å²) in [5, 5.41) is 10.0. The Morgan fingerprint density at radius 1 is 1.05 bits per heavy atom. The Morgan fingerprint density at radius 2 is 1.79 bits per heavy atom. The molecule has 0 aliphatic rings. The van der Waals surface area contributed by atoms with Crippen molar-refractivity contribution in [1.82, 2.24) is 0 Å². The lowest BCUT2D eigenvalue weighted by molar-refractivity contribution is 0.264. The van der Waals surface area contributed by atoms with Crippen molar-refractivity contribution in [2.75, 3.05) is 6.61 Å². The number of aliphatic hydroxyl groups excluding tert-OH is 1. The summed E-state index contributed by atoms with van der Waals surface area (Å²) in [5.74, 6) is -1.99. The van der Waals surface area contributed by atoms with Gasteiger partial charge >= 0.3 is 0 Å². The van der Waals surface area contributed by atoms with Crippen LogP contribution >= 0.6 is 11.6 Å². The van der Waals surface area contributed by atoms with Gasteiger partial charge in [0, 0.05) is 10.9 Å². The van der Waals surface area contributed by atoms with E-state index in [0.29, 0.717) is 17.0 Å². The molecule has 0 fully saturated rings. The van der Waals surface area contributed by atoms with E-state index in [-0.39, 0.29) is 12.5 Å². The van der Waals surface area contributed by atoms with E-state index in [2.05, 4.69) is 0 Å². The van der Waals surface area contributed by atoms with Crippen LogP contribution < -0.4 is 0 Å². The minimum atomic E-state index is -0.881. The van der Waals surface area contributed by atoms with E-state index in [0.717, 1.165) is 17.7 Å². The maximum atomic E-state index is 13.2. The number of aliphatic hydroxyl groups is 1. The van der Waals surface area contributed by atoms with Crippen LogP contribution in [0.1, 0.15) is 17.0 Å². The van der Waals surface area contributed by atoms with E-state index in [1.54, 1.807) is 12.1 Å². The van der Waals surface area contributed by atoms with Gasteiger partial charge < -0.3 is 5.11 Å². The highest BCUT2D eigenvalue weighted by Gasteiger charge is 2.15. The van der Waals surface area contributed by atoms with Gasteiger partial charge in [-0.05, 0) is 35.7 Å². The molecule has 1 atom stereocenters. The van der Waals surface area contributed by atoms with Gasteiger partial charge in [0.05, 0.1) is 6.61 Å². The minimum absolute atomic E-state index is 0.108. The molecule has 1 N–H and O–H groups in total. The molecule has 0 heterocycles. The third kappa shape index (κ3) is 3.31. The third-order valence-electron chi connectivity index (χ3n) is 3.03. The summed E-state index contributed by atoms with van der Waals surface area (Å²) in [4.78, 5) is 0. The van der Waals surface area contributed by atoms with Crippen LogP contribution in [0.3, 0.4) is 0 Å². The van der Waals surface area contributed by atoms with Crippen LogP contribution in [0.5, 0.6) is 0 Å². The average Bonchev–Trinajstić information content (AvgIpc) is 2.41. The summed E-state index contributed by atoms with van der Waals surface area (Å²) in [6.45, 7) is -0.108. The van der Waals surface area contributed by atoms with Crippen LogP contribution in [0.15, 0.2) is 42.5 Å². The monoisotopic (exact) mass is 282 g/mol. The quantitative estimate of drug-likeness (QED) is 0.901. The number of rotatable bonds is 4. The Kier molecular flexibility index (Phi) is 4.51. The first-order chi connectivity index (χ1) is 9.11. The van der Waals surface area contributed by atoms with Gasteiger partial charge in [-0.25, -0.2) is 8.78 Å². The number of halogens is 3.